The SMILES string of the molecule is NC(=O)C(=O)NCCOc1cc(C(F)(F)F)ccc1-c1cc(=O)c2cccc(Cl)c2o1. The molecule has 3 N–H and O–H groups in total. The number of nitrogens with one attached hydrogen (secondary N) is 1. The van der Waals surface area contributed by atoms with E-state index in [1.54, 1.807) is 6.07 Å². The van der Waals surface area contributed by atoms with E-state index in [-0.39, 0.29) is 46.2 Å². The molecule has 3 rings (SSSR count). The Hall–Kier alpha value is -3.53. The lowest BCUT2D eigenvalue weighted by Gasteiger charge is -2.15. The number of primary amides is 1. The Kier molecular flexibility index (Phi) is 6.21. The molecule has 31 heavy (non-hydrogen) atoms. The molecule has 11 heteroatoms. The summed E-state index contributed by atoms with van der Waals surface area (Å²) in [5.41, 5.74) is 3.50. The number of nitrogens with two attached hydrogens (primary N) is 1. The molecule has 0 saturated carbocycles. The zero-order chi connectivity index (χ0) is 22.8. The van der Waals surface area contributed by atoms with Gasteiger partial charge in [-0.05, 0) is 30.3 Å². The third kappa shape index (κ3) is 4.97. The summed E-state index contributed by atoms with van der Waals surface area (Å²) in [4.78, 5) is 34.3. The number of halogens is 4. The Morgan fingerprint density at radius 2 is 1.90 bits per heavy atom. The molecule has 1 aromatic heterocycles. The fourth-order valence-electron chi connectivity index (χ4n) is 2.71. The summed E-state index contributed by atoms with van der Waals surface area (Å²) in [7, 11) is 0. The number of para-hydroxylation sites is 1. The molecule has 0 aliphatic rings. The van der Waals surface area contributed by atoms with Crippen molar-refractivity contribution in [3.8, 4) is 17.1 Å². The lowest BCUT2D eigenvalue weighted by atomic mass is 10.1. The lowest BCUT2D eigenvalue weighted by Crippen LogP contribution is -2.38. The molecule has 0 bridgehead atoms. The van der Waals surface area contributed by atoms with Gasteiger partial charge in [-0.1, -0.05) is 17.7 Å². The summed E-state index contributed by atoms with van der Waals surface area (Å²) in [6.45, 7) is -0.489. The summed E-state index contributed by atoms with van der Waals surface area (Å²) in [5.74, 6) is -2.59. The quantitative estimate of drug-likeness (QED) is 0.454. The van der Waals surface area contributed by atoms with Gasteiger partial charge in [0.25, 0.3) is 0 Å². The summed E-state index contributed by atoms with van der Waals surface area (Å²) >= 11 is 6.08. The molecule has 3 aromatic rings. The van der Waals surface area contributed by atoms with Crippen LogP contribution in [-0.2, 0) is 15.8 Å². The average Bonchev–Trinajstić information content (AvgIpc) is 2.70. The topological polar surface area (TPSA) is 112 Å². The summed E-state index contributed by atoms with van der Waals surface area (Å²) in [6.07, 6.45) is -4.65. The molecule has 0 atom stereocenters. The normalized spacial score (nSPS) is 11.4. The van der Waals surface area contributed by atoms with Crippen LogP contribution in [0.3, 0.4) is 0 Å². The standard InChI is InChI=1S/C20H14ClF3N2O5/c21-13-3-1-2-11-14(27)9-16(31-17(11)13)12-5-4-10(20(22,23)24)8-15(12)30-7-6-26-19(29)18(25)28/h1-5,8-9H,6-7H2,(H2,25,28)(H,26,29). The first-order chi connectivity index (χ1) is 14.6. The second-order valence-corrected chi connectivity index (χ2v) is 6.68. The number of fused-ring (bicyclic) bond motifs is 1. The number of ether oxygens (including phenoxy) is 1. The van der Waals surface area contributed by atoms with Crippen LogP contribution >= 0.6 is 11.6 Å². The van der Waals surface area contributed by atoms with Crippen molar-refractivity contribution in [2.75, 3.05) is 13.2 Å². The number of rotatable bonds is 5. The van der Waals surface area contributed by atoms with Crippen LogP contribution in [0, 0.1) is 0 Å². The van der Waals surface area contributed by atoms with Gasteiger partial charge >= 0.3 is 18.0 Å². The summed E-state index contributed by atoms with van der Waals surface area (Å²) in [5, 5.41) is 2.51. The zero-order valence-corrected chi connectivity index (χ0v) is 16.3. The van der Waals surface area contributed by atoms with Gasteiger partial charge < -0.3 is 20.2 Å². The van der Waals surface area contributed by atoms with Crippen molar-refractivity contribution in [1.82, 2.24) is 5.32 Å². The Balaban J connectivity index is 2.00. The molecule has 0 unspecified atom stereocenters. The smallest absolute Gasteiger partial charge is 0.416 e. The van der Waals surface area contributed by atoms with Gasteiger partial charge in [0.05, 0.1) is 28.1 Å². The van der Waals surface area contributed by atoms with E-state index in [0.29, 0.717) is 0 Å². The average molecular weight is 455 g/mol. The van der Waals surface area contributed by atoms with Gasteiger partial charge in [-0.25, -0.2) is 0 Å². The van der Waals surface area contributed by atoms with Gasteiger partial charge in [-0.15, -0.1) is 0 Å². The fraction of sp³-hybridized carbons (Fsp3) is 0.150. The monoisotopic (exact) mass is 454 g/mol. The minimum absolute atomic E-state index is 0.0597. The van der Waals surface area contributed by atoms with E-state index in [1.807, 2.05) is 0 Å². The second kappa shape index (κ2) is 8.68. The van der Waals surface area contributed by atoms with Crippen LogP contribution in [0.5, 0.6) is 5.75 Å². The van der Waals surface area contributed by atoms with Crippen LogP contribution in [0.2, 0.25) is 5.02 Å². The summed E-state index contributed by atoms with van der Waals surface area (Å²) in [6, 6.07) is 8.33. The van der Waals surface area contributed by atoms with Gasteiger partial charge in [-0.2, -0.15) is 13.2 Å². The van der Waals surface area contributed by atoms with E-state index in [1.165, 1.54) is 12.1 Å². The number of alkyl halides is 3. The number of carbonyl (C=O) groups excluding carboxylic acids is 2. The number of carbonyl (C=O) groups is 2. The van der Waals surface area contributed by atoms with Gasteiger partial charge in [0.15, 0.2) is 11.0 Å². The van der Waals surface area contributed by atoms with E-state index in [4.69, 9.17) is 26.5 Å². The van der Waals surface area contributed by atoms with Crippen molar-refractivity contribution in [1.29, 1.82) is 0 Å². The van der Waals surface area contributed by atoms with Gasteiger partial charge in [0.2, 0.25) is 0 Å². The second-order valence-electron chi connectivity index (χ2n) is 6.27. The maximum Gasteiger partial charge on any atom is 0.416 e. The van der Waals surface area contributed by atoms with Crippen molar-refractivity contribution in [2.45, 2.75) is 6.18 Å². The van der Waals surface area contributed by atoms with Crippen LogP contribution in [-0.4, -0.2) is 25.0 Å². The lowest BCUT2D eigenvalue weighted by molar-refractivity contribution is -0.137. The molecule has 0 spiro atoms. The molecular formula is C20H14ClF3N2O5. The maximum absolute atomic E-state index is 13.2. The Morgan fingerprint density at radius 1 is 1.16 bits per heavy atom. The van der Waals surface area contributed by atoms with Crippen LogP contribution in [0.1, 0.15) is 5.56 Å². The van der Waals surface area contributed by atoms with E-state index in [2.05, 4.69) is 5.32 Å². The molecule has 0 aliphatic heterocycles. The van der Waals surface area contributed by atoms with Crippen molar-refractivity contribution >= 4 is 34.4 Å². The van der Waals surface area contributed by atoms with Crippen LogP contribution in [0.4, 0.5) is 13.2 Å². The predicted molar refractivity (Wildman–Crippen MR) is 106 cm³/mol. The molecule has 0 fully saturated rings. The van der Waals surface area contributed by atoms with Crippen LogP contribution in [0.15, 0.2) is 51.7 Å². The molecule has 7 nitrogen and oxygen atoms in total. The largest absolute Gasteiger partial charge is 0.491 e. The minimum atomic E-state index is -4.65. The molecule has 0 saturated heterocycles. The predicted octanol–water partition coefficient (Wildman–Crippen LogP) is 3.11. The first kappa shape index (κ1) is 22.2. The van der Waals surface area contributed by atoms with Crippen LogP contribution < -0.4 is 21.2 Å². The number of benzene rings is 2. The number of amides is 2. The molecule has 1 heterocycles. The van der Waals surface area contributed by atoms with Gasteiger partial charge in [0, 0.05) is 6.07 Å². The Bertz CT molecular complexity index is 1220. The molecule has 0 radical (unpaired) electrons. The van der Waals surface area contributed by atoms with Crippen molar-refractivity contribution in [3.63, 3.8) is 0 Å². The van der Waals surface area contributed by atoms with E-state index >= 15 is 0 Å². The third-order valence-corrected chi connectivity index (χ3v) is 4.45. The van der Waals surface area contributed by atoms with E-state index in [0.717, 1.165) is 24.3 Å². The Morgan fingerprint density at radius 3 is 2.58 bits per heavy atom. The fourth-order valence-corrected chi connectivity index (χ4v) is 2.92. The summed E-state index contributed by atoms with van der Waals surface area (Å²) < 4.78 is 50.5. The van der Waals surface area contributed by atoms with Crippen LogP contribution in [0.25, 0.3) is 22.3 Å². The molecule has 0 aliphatic carbocycles. The van der Waals surface area contributed by atoms with Gasteiger partial charge in [0.1, 0.15) is 18.1 Å². The highest BCUT2D eigenvalue weighted by Crippen LogP contribution is 2.38. The Labute approximate surface area is 177 Å². The van der Waals surface area contributed by atoms with Crippen molar-refractivity contribution < 1.29 is 31.9 Å². The van der Waals surface area contributed by atoms with E-state index in [9.17, 15) is 27.6 Å². The highest BCUT2D eigenvalue weighted by molar-refractivity contribution is 6.35. The molecule has 2 aromatic carbocycles. The third-order valence-electron chi connectivity index (χ3n) is 4.15. The zero-order valence-electron chi connectivity index (χ0n) is 15.6. The highest BCUT2D eigenvalue weighted by Gasteiger charge is 2.31. The highest BCUT2D eigenvalue weighted by atomic mass is 35.5. The molecular weight excluding hydrogens is 441 g/mol. The molecule has 162 valence electrons. The van der Waals surface area contributed by atoms with Crippen molar-refractivity contribution in [2.24, 2.45) is 5.73 Å². The number of hydrogen-bond donors (Lipinski definition) is 2. The number of hydrogen-bond acceptors (Lipinski definition) is 5. The maximum atomic E-state index is 13.2. The first-order valence-electron chi connectivity index (χ1n) is 8.72. The minimum Gasteiger partial charge on any atom is -0.491 e. The van der Waals surface area contributed by atoms with Crippen molar-refractivity contribution in [3.05, 3.63) is 63.3 Å². The first-order valence-corrected chi connectivity index (χ1v) is 9.10. The van der Waals surface area contributed by atoms with E-state index < -0.39 is 29.0 Å². The van der Waals surface area contributed by atoms with Gasteiger partial charge in [-0.3, -0.25) is 14.4 Å². The molecule has 2 amide bonds.